The van der Waals surface area contributed by atoms with Gasteiger partial charge in [0.15, 0.2) is 0 Å². The van der Waals surface area contributed by atoms with Gasteiger partial charge in [-0.05, 0) is 18.6 Å². The Morgan fingerprint density at radius 3 is 2.75 bits per heavy atom. The summed E-state index contributed by atoms with van der Waals surface area (Å²) >= 11 is 0. The summed E-state index contributed by atoms with van der Waals surface area (Å²) in [6.07, 6.45) is 0. The molecule has 106 valence electrons. The van der Waals surface area contributed by atoms with Gasteiger partial charge in [0.25, 0.3) is 0 Å². The smallest absolute Gasteiger partial charge is 0.373 e. The highest BCUT2D eigenvalue weighted by atomic mass is 19.1. The number of carboxylic acids is 1. The van der Waals surface area contributed by atoms with E-state index in [2.05, 4.69) is 4.98 Å². The maximum atomic E-state index is 14.0. The second-order valence-corrected chi connectivity index (χ2v) is 4.09. The zero-order valence-electron chi connectivity index (χ0n) is 10.7. The molecule has 1 aromatic heterocycles. The van der Waals surface area contributed by atoms with Crippen LogP contribution < -0.4 is 0 Å². The predicted molar refractivity (Wildman–Crippen MR) is 64.3 cm³/mol. The van der Waals surface area contributed by atoms with Crippen LogP contribution in [0, 0.1) is 18.6 Å². The van der Waals surface area contributed by atoms with Gasteiger partial charge >= 0.3 is 5.97 Å². The van der Waals surface area contributed by atoms with Gasteiger partial charge in [0.2, 0.25) is 11.7 Å². The Kier molecular flexibility index (Phi) is 3.80. The number of hydrogen-bond donors (Lipinski definition) is 1. The number of methoxy groups -OCH3 is 1. The molecule has 0 aliphatic rings. The minimum atomic E-state index is -1.38. The quantitative estimate of drug-likeness (QED) is 0.934. The number of aromatic carboxylic acids is 1. The molecule has 2 aromatic rings. The van der Waals surface area contributed by atoms with E-state index in [-0.39, 0.29) is 17.9 Å². The van der Waals surface area contributed by atoms with Crippen LogP contribution in [0.15, 0.2) is 16.5 Å². The molecule has 2 rings (SSSR count). The van der Waals surface area contributed by atoms with Gasteiger partial charge < -0.3 is 14.3 Å². The van der Waals surface area contributed by atoms with Gasteiger partial charge in [-0.3, -0.25) is 0 Å². The lowest BCUT2D eigenvalue weighted by Gasteiger charge is -2.02. The number of ether oxygens (including phenoxy) is 1. The maximum Gasteiger partial charge on any atom is 0.373 e. The van der Waals surface area contributed by atoms with Crippen molar-refractivity contribution in [1.82, 2.24) is 4.98 Å². The largest absolute Gasteiger partial charge is 0.475 e. The summed E-state index contributed by atoms with van der Waals surface area (Å²) < 4.78 is 37.4. The van der Waals surface area contributed by atoms with Gasteiger partial charge in [-0.25, -0.2) is 18.6 Å². The second kappa shape index (κ2) is 5.38. The van der Waals surface area contributed by atoms with Gasteiger partial charge in [-0.15, -0.1) is 0 Å². The highest BCUT2D eigenvalue weighted by molar-refractivity contribution is 5.86. The number of carbonyl (C=O) groups is 1. The molecule has 0 atom stereocenters. The highest BCUT2D eigenvalue weighted by Gasteiger charge is 2.24. The van der Waals surface area contributed by atoms with Gasteiger partial charge in [-0.2, -0.15) is 0 Å². The van der Waals surface area contributed by atoms with Crippen molar-refractivity contribution in [2.24, 2.45) is 0 Å². The maximum absolute atomic E-state index is 14.0. The SMILES string of the molecule is COCc1nc(-c2c(F)ccc(C)c2F)oc1C(=O)O. The van der Waals surface area contributed by atoms with Crippen molar-refractivity contribution in [3.8, 4) is 11.5 Å². The molecule has 0 spiro atoms. The van der Waals surface area contributed by atoms with Crippen LogP contribution in [0.1, 0.15) is 21.8 Å². The fourth-order valence-electron chi connectivity index (χ4n) is 1.71. The van der Waals surface area contributed by atoms with Crippen LogP contribution in [-0.2, 0) is 11.3 Å². The normalized spacial score (nSPS) is 10.8. The Hall–Kier alpha value is -2.28. The third kappa shape index (κ3) is 2.39. The van der Waals surface area contributed by atoms with Gasteiger partial charge in [0.05, 0.1) is 6.61 Å². The van der Waals surface area contributed by atoms with Crippen LogP contribution in [0.3, 0.4) is 0 Å². The first kappa shape index (κ1) is 14.1. The first-order chi connectivity index (χ1) is 9.45. The van der Waals surface area contributed by atoms with Crippen molar-refractivity contribution in [2.75, 3.05) is 7.11 Å². The minimum absolute atomic E-state index is 0.0321. The Morgan fingerprint density at radius 2 is 2.15 bits per heavy atom. The van der Waals surface area contributed by atoms with E-state index in [9.17, 15) is 13.6 Å². The molecule has 0 bridgehead atoms. The van der Waals surface area contributed by atoms with Crippen LogP contribution in [-0.4, -0.2) is 23.2 Å². The summed E-state index contributed by atoms with van der Waals surface area (Å²) in [4.78, 5) is 14.8. The van der Waals surface area contributed by atoms with Crippen molar-refractivity contribution in [3.63, 3.8) is 0 Å². The number of carboxylic acid groups (broad SMARTS) is 1. The Morgan fingerprint density at radius 1 is 1.45 bits per heavy atom. The number of rotatable bonds is 4. The van der Waals surface area contributed by atoms with Crippen LogP contribution in [0.5, 0.6) is 0 Å². The summed E-state index contributed by atoms with van der Waals surface area (Å²) in [6, 6.07) is 2.33. The zero-order valence-corrected chi connectivity index (χ0v) is 10.7. The van der Waals surface area contributed by atoms with Gasteiger partial charge in [0, 0.05) is 7.11 Å². The standard InChI is InChI=1S/C13H11F2NO4/c1-6-3-4-7(14)9(10(6)15)12-16-8(5-19-2)11(20-12)13(17)18/h3-4H,5H2,1-2H3,(H,17,18). The van der Waals surface area contributed by atoms with Crippen molar-refractivity contribution < 1.29 is 27.8 Å². The van der Waals surface area contributed by atoms with E-state index in [0.29, 0.717) is 0 Å². The predicted octanol–water partition coefficient (Wildman–Crippen LogP) is 2.77. The summed E-state index contributed by atoms with van der Waals surface area (Å²) in [5.74, 6) is -4.03. The number of halogens is 2. The van der Waals surface area contributed by atoms with E-state index >= 15 is 0 Å². The van der Waals surface area contributed by atoms with E-state index in [1.807, 2.05) is 0 Å². The summed E-state index contributed by atoms with van der Waals surface area (Å²) in [7, 11) is 1.34. The Bertz CT molecular complexity index is 667. The van der Waals surface area contributed by atoms with Gasteiger partial charge in [-0.1, -0.05) is 6.07 Å². The first-order valence-corrected chi connectivity index (χ1v) is 5.62. The molecule has 7 heteroatoms. The molecule has 0 aliphatic heterocycles. The molecule has 0 radical (unpaired) electrons. The minimum Gasteiger partial charge on any atom is -0.475 e. The Labute approximate surface area is 112 Å². The van der Waals surface area contributed by atoms with Crippen molar-refractivity contribution in [1.29, 1.82) is 0 Å². The van der Waals surface area contributed by atoms with Crippen LogP contribution in [0.2, 0.25) is 0 Å². The number of aryl methyl sites for hydroxylation is 1. The average Bonchev–Trinajstić information content (AvgIpc) is 2.79. The molecule has 1 aromatic carbocycles. The third-order valence-electron chi connectivity index (χ3n) is 2.67. The van der Waals surface area contributed by atoms with E-state index in [1.54, 1.807) is 0 Å². The van der Waals surface area contributed by atoms with E-state index in [4.69, 9.17) is 14.3 Å². The number of aromatic nitrogens is 1. The molecule has 1 N–H and O–H groups in total. The van der Waals surface area contributed by atoms with Crippen LogP contribution in [0.4, 0.5) is 8.78 Å². The average molecular weight is 283 g/mol. The molecule has 0 saturated heterocycles. The first-order valence-electron chi connectivity index (χ1n) is 5.62. The molecule has 0 fully saturated rings. The topological polar surface area (TPSA) is 72.6 Å². The number of hydrogen-bond acceptors (Lipinski definition) is 4. The zero-order chi connectivity index (χ0) is 14.9. The van der Waals surface area contributed by atoms with E-state index < -0.39 is 34.8 Å². The lowest BCUT2D eigenvalue weighted by molar-refractivity contribution is 0.0656. The molecule has 0 aliphatic carbocycles. The molecule has 1 heterocycles. The van der Waals surface area contributed by atoms with Crippen molar-refractivity contribution >= 4 is 5.97 Å². The molecule has 5 nitrogen and oxygen atoms in total. The summed E-state index contributed by atoms with van der Waals surface area (Å²) in [5, 5.41) is 8.97. The molecular formula is C13H11F2NO4. The molecule has 0 amide bonds. The Balaban J connectivity index is 2.62. The lowest BCUT2D eigenvalue weighted by Crippen LogP contribution is -2.00. The third-order valence-corrected chi connectivity index (χ3v) is 2.67. The van der Waals surface area contributed by atoms with E-state index in [1.165, 1.54) is 20.1 Å². The summed E-state index contributed by atoms with van der Waals surface area (Å²) in [6.45, 7) is 1.32. The van der Waals surface area contributed by atoms with Gasteiger partial charge in [0.1, 0.15) is 22.9 Å². The summed E-state index contributed by atoms with van der Waals surface area (Å²) in [5.41, 5.74) is -0.324. The van der Waals surface area contributed by atoms with Crippen molar-refractivity contribution in [3.05, 3.63) is 40.8 Å². The molecule has 0 saturated carbocycles. The molecule has 20 heavy (non-hydrogen) atoms. The molecule has 0 unspecified atom stereocenters. The lowest BCUT2D eigenvalue weighted by atomic mass is 10.1. The number of benzene rings is 1. The number of oxazole rings is 1. The van der Waals surface area contributed by atoms with Crippen LogP contribution >= 0.6 is 0 Å². The van der Waals surface area contributed by atoms with Crippen molar-refractivity contribution in [2.45, 2.75) is 13.5 Å². The van der Waals surface area contributed by atoms with Crippen LogP contribution in [0.25, 0.3) is 11.5 Å². The molecular weight excluding hydrogens is 272 g/mol. The van der Waals surface area contributed by atoms with E-state index in [0.717, 1.165) is 6.07 Å². The second-order valence-electron chi connectivity index (χ2n) is 4.09. The fourth-order valence-corrected chi connectivity index (χ4v) is 1.71. The monoisotopic (exact) mass is 283 g/mol. The highest BCUT2D eigenvalue weighted by Crippen LogP contribution is 2.29. The number of nitrogens with zero attached hydrogens (tertiary/aromatic N) is 1. The fraction of sp³-hybridized carbons (Fsp3) is 0.231.